The lowest BCUT2D eigenvalue weighted by Crippen LogP contribution is -1.85. The van der Waals surface area contributed by atoms with Gasteiger partial charge in [-0.15, -0.1) is 0 Å². The van der Waals surface area contributed by atoms with Gasteiger partial charge in [0.05, 0.1) is 0 Å². The first-order valence-electron chi connectivity index (χ1n) is 19.1. The topological polar surface area (TPSA) is 52.3 Å². The molecule has 8 aromatic carbocycles. The Labute approximate surface area is 326 Å². The largest absolute Gasteiger partial charge is 0.456 e. The van der Waals surface area contributed by atoms with Gasteiger partial charge < -0.3 is 13.3 Å². The predicted octanol–water partition coefficient (Wildman–Crippen LogP) is 15.1. The fourth-order valence-corrected chi connectivity index (χ4v) is 8.43. The lowest BCUT2D eigenvalue weighted by Gasteiger charge is -2.07. The van der Waals surface area contributed by atoms with Crippen molar-refractivity contribution in [3.8, 4) is 55.6 Å². The third-order valence-corrected chi connectivity index (χ3v) is 11.4. The van der Waals surface area contributed by atoms with E-state index in [0.29, 0.717) is 0 Å². The molecule has 0 N–H and O–H groups in total. The second kappa shape index (κ2) is 12.4. The molecule has 0 fully saturated rings. The predicted molar refractivity (Wildman–Crippen MR) is 233 cm³/mol. The SMILES string of the molecule is c1ccc(-c2ccc3oc4ccc(-c5cncc(-c6ccc7oc8ccc(-c9ccc%10oc%11ccc(-c%12ccccc%12)cc%11c%10c9)cc8c7c6)c5)cc4c3c2)cc1. The van der Waals surface area contributed by atoms with Gasteiger partial charge in [-0.05, 0) is 123 Å². The number of benzene rings is 8. The minimum Gasteiger partial charge on any atom is -0.456 e. The number of furan rings is 3. The normalized spacial score (nSPS) is 11.9. The summed E-state index contributed by atoms with van der Waals surface area (Å²) < 4.78 is 18.9. The Morgan fingerprint density at radius 2 is 0.491 bits per heavy atom. The summed E-state index contributed by atoms with van der Waals surface area (Å²) in [5, 5.41) is 6.54. The summed E-state index contributed by atoms with van der Waals surface area (Å²) in [6, 6.07) is 61.7. The molecule has 0 radical (unpaired) electrons. The summed E-state index contributed by atoms with van der Waals surface area (Å²) in [6.07, 6.45) is 3.87. The lowest BCUT2D eigenvalue weighted by molar-refractivity contribution is 0.668. The van der Waals surface area contributed by atoms with E-state index in [-0.39, 0.29) is 0 Å². The minimum absolute atomic E-state index is 0.854. The van der Waals surface area contributed by atoms with Gasteiger partial charge in [-0.2, -0.15) is 0 Å². The summed E-state index contributed by atoms with van der Waals surface area (Å²) in [5.41, 5.74) is 16.4. The first-order valence-corrected chi connectivity index (χ1v) is 19.1. The third kappa shape index (κ3) is 5.26. The molecule has 4 nitrogen and oxygen atoms in total. The van der Waals surface area contributed by atoms with E-state index in [1.54, 1.807) is 0 Å². The van der Waals surface area contributed by atoms with E-state index in [2.05, 4.69) is 164 Å². The number of aromatic nitrogens is 1. The molecule has 0 aliphatic rings. The van der Waals surface area contributed by atoms with Crippen LogP contribution in [0.5, 0.6) is 0 Å². The van der Waals surface area contributed by atoms with Crippen molar-refractivity contribution in [3.05, 3.63) is 188 Å². The average Bonchev–Trinajstić information content (AvgIpc) is 3.96. The van der Waals surface area contributed by atoms with E-state index >= 15 is 0 Å². The molecule has 4 heteroatoms. The fourth-order valence-electron chi connectivity index (χ4n) is 8.43. The van der Waals surface area contributed by atoms with Crippen molar-refractivity contribution in [2.75, 3.05) is 0 Å². The van der Waals surface area contributed by atoms with Gasteiger partial charge in [0.2, 0.25) is 0 Å². The molecule has 0 spiro atoms. The molecule has 4 heterocycles. The average molecular weight is 730 g/mol. The first-order chi connectivity index (χ1) is 28.2. The Balaban J connectivity index is 0.911. The molecule has 57 heavy (non-hydrogen) atoms. The molecule has 0 saturated heterocycles. The van der Waals surface area contributed by atoms with Crippen molar-refractivity contribution in [1.29, 1.82) is 0 Å². The zero-order valence-corrected chi connectivity index (χ0v) is 30.6. The van der Waals surface area contributed by atoms with Crippen LogP contribution in [-0.2, 0) is 0 Å². The van der Waals surface area contributed by atoms with Crippen molar-refractivity contribution in [2.45, 2.75) is 0 Å². The maximum atomic E-state index is 6.36. The van der Waals surface area contributed by atoms with Crippen LogP contribution in [0.15, 0.2) is 202 Å². The van der Waals surface area contributed by atoms with Gasteiger partial charge in [-0.1, -0.05) is 97.1 Å². The molecule has 0 amide bonds. The van der Waals surface area contributed by atoms with Crippen LogP contribution in [0.1, 0.15) is 0 Å². The molecule has 4 aromatic heterocycles. The smallest absolute Gasteiger partial charge is 0.135 e. The van der Waals surface area contributed by atoms with Gasteiger partial charge in [0.1, 0.15) is 33.5 Å². The summed E-state index contributed by atoms with van der Waals surface area (Å²) in [6.45, 7) is 0. The second-order valence-corrected chi connectivity index (χ2v) is 14.8. The molecule has 0 unspecified atom stereocenters. The molecule has 12 aromatic rings. The summed E-state index contributed by atoms with van der Waals surface area (Å²) >= 11 is 0. The molecule has 0 atom stereocenters. The van der Waals surface area contributed by atoms with E-state index in [0.717, 1.165) is 99.2 Å². The van der Waals surface area contributed by atoms with Gasteiger partial charge in [0, 0.05) is 55.8 Å². The van der Waals surface area contributed by atoms with Crippen LogP contribution in [0.3, 0.4) is 0 Å². The molecule has 0 saturated carbocycles. The highest BCUT2D eigenvalue weighted by molar-refractivity contribution is 6.11. The zero-order chi connectivity index (χ0) is 37.5. The highest BCUT2D eigenvalue weighted by atomic mass is 16.3. The standard InChI is InChI=1S/C53H31NO3/c1-3-7-32(8-4-1)34-11-17-48-42(24-34)44-26-36(13-19-50(44)55-48)37-14-20-51-45(27-37)47-29-39(16-22-53(47)57-51)41-23-40(30-54-31-41)38-15-21-52-46(28-38)43-25-35(12-18-49(43)56-52)33-9-5-2-6-10-33/h1-31H. The van der Waals surface area contributed by atoms with E-state index in [4.69, 9.17) is 18.2 Å². The second-order valence-electron chi connectivity index (χ2n) is 14.8. The van der Waals surface area contributed by atoms with Crippen LogP contribution in [0, 0.1) is 0 Å². The molecule has 12 rings (SSSR count). The Morgan fingerprint density at radius 3 is 0.789 bits per heavy atom. The summed E-state index contributed by atoms with van der Waals surface area (Å²) in [5.74, 6) is 0. The van der Waals surface area contributed by atoms with Gasteiger partial charge in [-0.3, -0.25) is 4.98 Å². The number of pyridine rings is 1. The number of rotatable bonds is 5. The monoisotopic (exact) mass is 729 g/mol. The molecule has 0 bridgehead atoms. The van der Waals surface area contributed by atoms with Gasteiger partial charge >= 0.3 is 0 Å². The van der Waals surface area contributed by atoms with E-state index in [1.165, 1.54) is 22.3 Å². The number of nitrogens with zero attached hydrogens (tertiary/aromatic N) is 1. The highest BCUT2D eigenvalue weighted by Crippen LogP contribution is 2.40. The molecular weight excluding hydrogens is 699 g/mol. The van der Waals surface area contributed by atoms with Crippen LogP contribution in [0.4, 0.5) is 0 Å². The molecule has 0 aliphatic carbocycles. The molecule has 0 aliphatic heterocycles. The van der Waals surface area contributed by atoms with Crippen molar-refractivity contribution < 1.29 is 13.3 Å². The summed E-state index contributed by atoms with van der Waals surface area (Å²) in [4.78, 5) is 4.72. The quantitative estimate of drug-likeness (QED) is 0.177. The minimum atomic E-state index is 0.854. The van der Waals surface area contributed by atoms with Crippen LogP contribution in [0.25, 0.3) is 121 Å². The maximum Gasteiger partial charge on any atom is 0.135 e. The number of fused-ring (bicyclic) bond motifs is 9. The van der Waals surface area contributed by atoms with Crippen molar-refractivity contribution >= 4 is 65.8 Å². The van der Waals surface area contributed by atoms with Crippen molar-refractivity contribution in [2.24, 2.45) is 0 Å². The Bertz CT molecular complexity index is 3520. The molecular formula is C53H31NO3. The highest BCUT2D eigenvalue weighted by Gasteiger charge is 2.15. The summed E-state index contributed by atoms with van der Waals surface area (Å²) in [7, 11) is 0. The van der Waals surface area contributed by atoms with Crippen LogP contribution >= 0.6 is 0 Å². The van der Waals surface area contributed by atoms with Gasteiger partial charge in [0.15, 0.2) is 0 Å². The zero-order valence-electron chi connectivity index (χ0n) is 30.6. The van der Waals surface area contributed by atoms with E-state index in [1.807, 2.05) is 24.5 Å². The van der Waals surface area contributed by atoms with Crippen LogP contribution < -0.4 is 0 Å². The molecule has 266 valence electrons. The van der Waals surface area contributed by atoms with E-state index in [9.17, 15) is 0 Å². The third-order valence-electron chi connectivity index (χ3n) is 11.4. The van der Waals surface area contributed by atoms with Crippen molar-refractivity contribution in [1.82, 2.24) is 4.98 Å². The Hall–Kier alpha value is -7.69. The van der Waals surface area contributed by atoms with Crippen LogP contribution in [-0.4, -0.2) is 4.98 Å². The van der Waals surface area contributed by atoms with Gasteiger partial charge in [0.25, 0.3) is 0 Å². The van der Waals surface area contributed by atoms with Crippen molar-refractivity contribution in [3.63, 3.8) is 0 Å². The Morgan fingerprint density at radius 1 is 0.228 bits per heavy atom. The van der Waals surface area contributed by atoms with Gasteiger partial charge in [-0.25, -0.2) is 0 Å². The maximum absolute atomic E-state index is 6.36. The number of hydrogen-bond acceptors (Lipinski definition) is 4. The number of hydrogen-bond donors (Lipinski definition) is 0. The first kappa shape index (κ1) is 31.6. The lowest BCUT2D eigenvalue weighted by atomic mass is 9.97. The fraction of sp³-hybridized carbons (Fsp3) is 0. The van der Waals surface area contributed by atoms with Crippen LogP contribution in [0.2, 0.25) is 0 Å². The van der Waals surface area contributed by atoms with E-state index < -0.39 is 0 Å². The Kier molecular flexibility index (Phi) is 6.89.